The number of anilines is 2. The van der Waals surface area contributed by atoms with Crippen LogP contribution in [0.1, 0.15) is 18.5 Å². The van der Waals surface area contributed by atoms with Crippen molar-refractivity contribution in [2.75, 3.05) is 31.1 Å². The van der Waals surface area contributed by atoms with Crippen molar-refractivity contribution in [2.24, 2.45) is 0 Å². The maximum atomic E-state index is 13.5. The molecule has 1 aromatic heterocycles. The number of nitrogens with one attached hydrogen (secondary N) is 2. The zero-order chi connectivity index (χ0) is 22.0. The van der Waals surface area contributed by atoms with Gasteiger partial charge in [-0.25, -0.2) is 4.68 Å². The van der Waals surface area contributed by atoms with E-state index < -0.39 is 6.04 Å². The molecule has 1 atom stereocenters. The van der Waals surface area contributed by atoms with Crippen LogP contribution in [-0.2, 0) is 4.79 Å². The number of aromatic nitrogens is 3. The number of carbonyl (C=O) groups excluding carboxylic acids is 1. The average molecular weight is 438 g/mol. The SMILES string of the molecule is COc1ccc(OC)c(C2C(C(=O)Nc3ccccc3)=C(C)Nc3nc(SC)nn32)c1. The third-order valence-corrected chi connectivity index (χ3v) is 5.56. The fraction of sp³-hybridized carbons (Fsp3) is 0.227. The number of benzene rings is 2. The quantitative estimate of drug-likeness (QED) is 0.565. The first kappa shape index (κ1) is 20.8. The third kappa shape index (κ3) is 3.96. The Morgan fingerprint density at radius 3 is 2.61 bits per heavy atom. The van der Waals surface area contributed by atoms with E-state index in [0.29, 0.717) is 39.6 Å². The Bertz CT molecular complexity index is 1140. The molecule has 0 spiro atoms. The van der Waals surface area contributed by atoms with Crippen LogP contribution < -0.4 is 20.1 Å². The number of methoxy groups -OCH3 is 2. The summed E-state index contributed by atoms with van der Waals surface area (Å²) in [5.41, 5.74) is 2.66. The van der Waals surface area contributed by atoms with Gasteiger partial charge in [-0.1, -0.05) is 30.0 Å². The Hall–Kier alpha value is -3.46. The number of fused-ring (bicyclic) bond motifs is 1. The molecule has 0 radical (unpaired) electrons. The lowest BCUT2D eigenvalue weighted by Gasteiger charge is -2.29. The number of para-hydroxylation sites is 1. The lowest BCUT2D eigenvalue weighted by Crippen LogP contribution is -2.31. The van der Waals surface area contributed by atoms with Crippen molar-refractivity contribution >= 4 is 29.3 Å². The highest BCUT2D eigenvalue weighted by atomic mass is 32.2. The Kier molecular flexibility index (Phi) is 5.85. The highest BCUT2D eigenvalue weighted by Crippen LogP contribution is 2.41. The van der Waals surface area contributed by atoms with Crippen LogP contribution in [0.3, 0.4) is 0 Å². The molecule has 1 amide bonds. The maximum absolute atomic E-state index is 13.5. The van der Waals surface area contributed by atoms with Gasteiger partial charge in [-0.2, -0.15) is 4.98 Å². The predicted molar refractivity (Wildman–Crippen MR) is 121 cm³/mol. The molecule has 8 nitrogen and oxygen atoms in total. The topological polar surface area (TPSA) is 90.3 Å². The number of amides is 1. The number of nitrogens with zero attached hydrogens (tertiary/aromatic N) is 3. The van der Waals surface area contributed by atoms with Crippen LogP contribution in [0.25, 0.3) is 0 Å². The fourth-order valence-electron chi connectivity index (χ4n) is 3.57. The summed E-state index contributed by atoms with van der Waals surface area (Å²) in [5, 5.41) is 11.4. The van der Waals surface area contributed by atoms with Crippen LogP contribution in [0, 0.1) is 0 Å². The molecule has 2 heterocycles. The van der Waals surface area contributed by atoms with E-state index in [0.717, 1.165) is 5.56 Å². The molecule has 1 unspecified atom stereocenters. The van der Waals surface area contributed by atoms with Gasteiger partial charge >= 0.3 is 0 Å². The molecule has 0 fully saturated rings. The van der Waals surface area contributed by atoms with E-state index in [1.807, 2.05) is 61.7 Å². The largest absolute Gasteiger partial charge is 0.497 e. The fourth-order valence-corrected chi connectivity index (χ4v) is 3.92. The smallest absolute Gasteiger partial charge is 0.255 e. The van der Waals surface area contributed by atoms with Gasteiger partial charge in [-0.3, -0.25) is 4.79 Å². The molecule has 160 valence electrons. The van der Waals surface area contributed by atoms with Crippen LogP contribution >= 0.6 is 11.8 Å². The molecule has 31 heavy (non-hydrogen) atoms. The van der Waals surface area contributed by atoms with E-state index in [1.54, 1.807) is 18.9 Å². The lowest BCUT2D eigenvalue weighted by molar-refractivity contribution is -0.113. The van der Waals surface area contributed by atoms with Crippen LogP contribution in [0.2, 0.25) is 0 Å². The number of ether oxygens (including phenoxy) is 2. The second-order valence-electron chi connectivity index (χ2n) is 6.86. The zero-order valence-corrected chi connectivity index (χ0v) is 18.5. The standard InChI is InChI=1S/C22H23N5O3S/c1-13-18(20(28)24-14-8-6-5-7-9-14)19(27-21(23-13)25-22(26-27)31-4)16-12-15(29-2)10-11-17(16)30-3/h5-12,19H,1-4H3,(H,24,28)(H,23,25,26). The molecule has 0 saturated heterocycles. The highest BCUT2D eigenvalue weighted by Gasteiger charge is 2.36. The second-order valence-corrected chi connectivity index (χ2v) is 7.63. The monoisotopic (exact) mass is 437 g/mol. The summed E-state index contributed by atoms with van der Waals surface area (Å²) in [5.74, 6) is 1.60. The summed E-state index contributed by atoms with van der Waals surface area (Å²) in [4.78, 5) is 18.0. The minimum Gasteiger partial charge on any atom is -0.497 e. The molecule has 1 aliphatic rings. The van der Waals surface area contributed by atoms with E-state index in [9.17, 15) is 4.79 Å². The summed E-state index contributed by atoms with van der Waals surface area (Å²) in [6.07, 6.45) is 1.91. The molecule has 4 rings (SSSR count). The van der Waals surface area contributed by atoms with E-state index >= 15 is 0 Å². The number of thioether (sulfide) groups is 1. The van der Waals surface area contributed by atoms with Gasteiger partial charge in [0.15, 0.2) is 0 Å². The summed E-state index contributed by atoms with van der Waals surface area (Å²) in [6.45, 7) is 1.86. The molecular formula is C22H23N5O3S. The van der Waals surface area contributed by atoms with Crippen LogP contribution in [0.4, 0.5) is 11.6 Å². The van der Waals surface area contributed by atoms with Crippen molar-refractivity contribution in [3.05, 3.63) is 65.4 Å². The van der Waals surface area contributed by atoms with Gasteiger partial charge in [-0.05, 0) is 43.5 Å². The summed E-state index contributed by atoms with van der Waals surface area (Å²) in [6, 6.07) is 14.3. The van der Waals surface area contributed by atoms with Crippen molar-refractivity contribution in [1.29, 1.82) is 0 Å². The van der Waals surface area contributed by atoms with Crippen LogP contribution in [0.15, 0.2) is 65.0 Å². The molecule has 3 aromatic rings. The molecule has 2 aromatic carbocycles. The van der Waals surface area contributed by atoms with Crippen LogP contribution in [-0.4, -0.2) is 41.1 Å². The zero-order valence-electron chi connectivity index (χ0n) is 17.7. The van der Waals surface area contributed by atoms with E-state index in [2.05, 4.69) is 20.7 Å². The van der Waals surface area contributed by atoms with Gasteiger partial charge in [0.2, 0.25) is 11.1 Å². The highest BCUT2D eigenvalue weighted by molar-refractivity contribution is 7.98. The lowest BCUT2D eigenvalue weighted by atomic mass is 9.94. The second kappa shape index (κ2) is 8.73. The first-order chi connectivity index (χ1) is 15.0. The molecule has 0 saturated carbocycles. The number of carbonyl (C=O) groups is 1. The number of allylic oxidation sites excluding steroid dienone is 1. The summed E-state index contributed by atoms with van der Waals surface area (Å²) < 4.78 is 12.8. The first-order valence-electron chi connectivity index (χ1n) is 9.62. The Morgan fingerprint density at radius 1 is 1.16 bits per heavy atom. The molecular weight excluding hydrogens is 414 g/mol. The molecule has 9 heteroatoms. The van der Waals surface area contributed by atoms with E-state index in [4.69, 9.17) is 9.47 Å². The van der Waals surface area contributed by atoms with Gasteiger partial charge in [0, 0.05) is 16.9 Å². The van der Waals surface area contributed by atoms with E-state index in [1.165, 1.54) is 11.8 Å². The molecule has 0 bridgehead atoms. The van der Waals surface area contributed by atoms with Crippen molar-refractivity contribution < 1.29 is 14.3 Å². The number of hydrogen-bond acceptors (Lipinski definition) is 7. The van der Waals surface area contributed by atoms with Crippen molar-refractivity contribution in [3.8, 4) is 11.5 Å². The number of rotatable bonds is 6. The van der Waals surface area contributed by atoms with Crippen molar-refractivity contribution in [3.63, 3.8) is 0 Å². The minimum absolute atomic E-state index is 0.238. The first-order valence-corrected chi connectivity index (χ1v) is 10.8. The average Bonchev–Trinajstić information content (AvgIpc) is 3.21. The summed E-state index contributed by atoms with van der Waals surface area (Å²) >= 11 is 1.43. The molecule has 1 aliphatic heterocycles. The number of hydrogen-bond donors (Lipinski definition) is 2. The maximum Gasteiger partial charge on any atom is 0.255 e. The van der Waals surface area contributed by atoms with Gasteiger partial charge in [0.25, 0.3) is 5.91 Å². The summed E-state index contributed by atoms with van der Waals surface area (Å²) in [7, 11) is 3.20. The van der Waals surface area contributed by atoms with Gasteiger partial charge in [0.1, 0.15) is 17.5 Å². The predicted octanol–water partition coefficient (Wildman–Crippen LogP) is 3.94. The molecule has 2 N–H and O–H groups in total. The third-order valence-electron chi connectivity index (χ3n) is 5.02. The Labute approximate surface area is 184 Å². The van der Waals surface area contributed by atoms with Crippen molar-refractivity contribution in [2.45, 2.75) is 18.1 Å². The van der Waals surface area contributed by atoms with Gasteiger partial charge in [-0.15, -0.1) is 5.10 Å². The van der Waals surface area contributed by atoms with E-state index in [-0.39, 0.29) is 5.91 Å². The van der Waals surface area contributed by atoms with Crippen LogP contribution in [0.5, 0.6) is 11.5 Å². The normalized spacial score (nSPS) is 15.2. The minimum atomic E-state index is -0.557. The van der Waals surface area contributed by atoms with Crippen molar-refractivity contribution in [1.82, 2.24) is 14.8 Å². The Morgan fingerprint density at radius 2 is 1.94 bits per heavy atom. The molecule has 0 aliphatic carbocycles. The van der Waals surface area contributed by atoms with Gasteiger partial charge < -0.3 is 20.1 Å². The van der Waals surface area contributed by atoms with Gasteiger partial charge in [0.05, 0.1) is 19.8 Å². The Balaban J connectivity index is 1.87.